The molecule has 1 amide bonds. The fourth-order valence-electron chi connectivity index (χ4n) is 3.90. The monoisotopic (exact) mass is 430 g/mol. The molecule has 0 aromatic carbocycles. The number of aliphatic hydroxyl groups is 1. The third-order valence-electron chi connectivity index (χ3n) is 5.60. The Hall–Kier alpha value is -3.92. The van der Waals surface area contributed by atoms with E-state index < -0.39 is 0 Å². The first-order valence-electron chi connectivity index (χ1n) is 10.5. The summed E-state index contributed by atoms with van der Waals surface area (Å²) in [5.74, 6) is -0.348. The molecule has 1 aliphatic carbocycles. The van der Waals surface area contributed by atoms with Gasteiger partial charge in [-0.15, -0.1) is 0 Å². The van der Waals surface area contributed by atoms with E-state index in [4.69, 9.17) is 5.10 Å². The van der Waals surface area contributed by atoms with Gasteiger partial charge in [-0.25, -0.2) is 4.98 Å². The number of carbonyl (C=O) groups is 1. The highest BCUT2D eigenvalue weighted by molar-refractivity contribution is 6.04. The van der Waals surface area contributed by atoms with Crippen LogP contribution in [0.1, 0.15) is 42.2 Å². The van der Waals surface area contributed by atoms with Crippen LogP contribution in [0.5, 0.6) is 0 Å². The summed E-state index contributed by atoms with van der Waals surface area (Å²) in [6.07, 6.45) is 12.9. The number of hydrogen-bond donors (Lipinski definition) is 3. The normalized spacial score (nSPS) is 18.4. The Morgan fingerprint density at radius 3 is 2.75 bits per heavy atom. The van der Waals surface area contributed by atoms with Crippen LogP contribution in [0.15, 0.2) is 55.4 Å². The Kier molecular flexibility index (Phi) is 5.42. The minimum absolute atomic E-state index is 0.155. The molecule has 162 valence electrons. The molecular weight excluding hydrogens is 408 g/mol. The number of H-pyrrole nitrogens is 1. The Morgan fingerprint density at radius 2 is 2.00 bits per heavy atom. The maximum atomic E-state index is 13.0. The minimum atomic E-state index is -0.348. The van der Waals surface area contributed by atoms with Crippen LogP contribution in [0, 0.1) is 0 Å². The predicted octanol–water partition coefficient (Wildman–Crippen LogP) is 2.85. The number of rotatable bonds is 5. The summed E-state index contributed by atoms with van der Waals surface area (Å²) in [5, 5.41) is 24.2. The molecule has 0 unspecified atom stereocenters. The molecule has 0 radical (unpaired) electrons. The average Bonchev–Trinajstić information content (AvgIpc) is 3.51. The van der Waals surface area contributed by atoms with E-state index in [-0.39, 0.29) is 23.7 Å². The van der Waals surface area contributed by atoms with Crippen LogP contribution in [0.2, 0.25) is 0 Å². The minimum Gasteiger partial charge on any atom is -0.393 e. The van der Waals surface area contributed by atoms with E-state index in [2.05, 4.69) is 30.5 Å². The number of aromatic amines is 1. The van der Waals surface area contributed by atoms with Gasteiger partial charge in [0.2, 0.25) is 0 Å². The molecule has 0 aliphatic heterocycles. The molecule has 0 atom stereocenters. The lowest BCUT2D eigenvalue weighted by molar-refractivity contribution is 0.102. The van der Waals surface area contributed by atoms with E-state index in [0.717, 1.165) is 31.2 Å². The fraction of sp³-hybridized carbons (Fsp3) is 0.273. The van der Waals surface area contributed by atoms with Crippen LogP contribution < -0.4 is 5.32 Å². The van der Waals surface area contributed by atoms with Crippen molar-refractivity contribution in [2.45, 2.75) is 37.8 Å². The van der Waals surface area contributed by atoms with Crippen molar-refractivity contribution in [3.8, 4) is 22.6 Å². The molecule has 1 aliphatic rings. The van der Waals surface area contributed by atoms with Crippen molar-refractivity contribution in [1.29, 1.82) is 0 Å². The van der Waals surface area contributed by atoms with Gasteiger partial charge in [-0.2, -0.15) is 10.2 Å². The molecule has 5 rings (SSSR count). The van der Waals surface area contributed by atoms with Crippen LogP contribution in [-0.2, 0) is 0 Å². The van der Waals surface area contributed by atoms with Gasteiger partial charge < -0.3 is 10.4 Å². The topological polar surface area (TPSA) is 134 Å². The number of aromatic nitrogens is 7. The van der Waals surface area contributed by atoms with Crippen molar-refractivity contribution in [3.63, 3.8) is 0 Å². The molecule has 4 aromatic rings. The summed E-state index contributed by atoms with van der Waals surface area (Å²) < 4.78 is 1.86. The van der Waals surface area contributed by atoms with Gasteiger partial charge in [-0.3, -0.25) is 24.5 Å². The van der Waals surface area contributed by atoms with Crippen LogP contribution in [0.3, 0.4) is 0 Å². The highest BCUT2D eigenvalue weighted by Gasteiger charge is 2.24. The predicted molar refractivity (Wildman–Crippen MR) is 117 cm³/mol. The number of pyridine rings is 1. The quantitative estimate of drug-likeness (QED) is 0.443. The van der Waals surface area contributed by atoms with E-state index in [1.807, 2.05) is 16.9 Å². The molecular formula is C22H22N8O2. The van der Waals surface area contributed by atoms with E-state index in [0.29, 0.717) is 22.8 Å². The zero-order valence-corrected chi connectivity index (χ0v) is 17.2. The first-order chi connectivity index (χ1) is 15.7. The van der Waals surface area contributed by atoms with Gasteiger partial charge in [0.1, 0.15) is 17.1 Å². The SMILES string of the molecule is O=C(Nc1cn([C@H]2CC[C@H](O)CC2)nc1-c1cnccn1)c1cccc(-c2cn[nH]c2)n1. The van der Waals surface area contributed by atoms with Gasteiger partial charge in [0.25, 0.3) is 5.91 Å². The summed E-state index contributed by atoms with van der Waals surface area (Å²) in [6, 6.07) is 5.42. The van der Waals surface area contributed by atoms with Crippen LogP contribution in [-0.4, -0.2) is 52.0 Å². The summed E-state index contributed by atoms with van der Waals surface area (Å²) in [5.41, 5.74) is 3.38. The van der Waals surface area contributed by atoms with Gasteiger partial charge in [0.15, 0.2) is 0 Å². The smallest absolute Gasteiger partial charge is 0.274 e. The highest BCUT2D eigenvalue weighted by Crippen LogP contribution is 2.32. The van der Waals surface area contributed by atoms with E-state index in [1.54, 1.807) is 43.1 Å². The second kappa shape index (κ2) is 8.67. The van der Waals surface area contributed by atoms with Gasteiger partial charge >= 0.3 is 0 Å². The summed E-state index contributed by atoms with van der Waals surface area (Å²) in [4.78, 5) is 26.0. The maximum absolute atomic E-state index is 13.0. The van der Waals surface area contributed by atoms with Gasteiger partial charge in [-0.05, 0) is 37.8 Å². The number of nitrogens with one attached hydrogen (secondary N) is 2. The summed E-state index contributed by atoms with van der Waals surface area (Å²) in [7, 11) is 0. The second-order valence-electron chi connectivity index (χ2n) is 7.77. The number of nitrogens with zero attached hydrogens (tertiary/aromatic N) is 6. The fourth-order valence-corrected chi connectivity index (χ4v) is 3.90. The van der Waals surface area contributed by atoms with Crippen molar-refractivity contribution >= 4 is 11.6 Å². The van der Waals surface area contributed by atoms with Crippen LogP contribution in [0.25, 0.3) is 22.6 Å². The first kappa shape index (κ1) is 20.0. The molecule has 1 saturated carbocycles. The lowest BCUT2D eigenvalue weighted by Gasteiger charge is -2.25. The Labute approximate surface area is 183 Å². The Morgan fingerprint density at radius 1 is 1.12 bits per heavy atom. The van der Waals surface area contributed by atoms with Crippen molar-refractivity contribution in [2.75, 3.05) is 5.32 Å². The van der Waals surface area contributed by atoms with Gasteiger partial charge in [-0.1, -0.05) is 6.07 Å². The zero-order chi connectivity index (χ0) is 21.9. The first-order valence-corrected chi connectivity index (χ1v) is 10.5. The number of anilines is 1. The molecule has 10 nitrogen and oxygen atoms in total. The lowest BCUT2D eigenvalue weighted by Crippen LogP contribution is -2.21. The number of hydrogen-bond acceptors (Lipinski definition) is 7. The maximum Gasteiger partial charge on any atom is 0.274 e. The molecule has 1 fully saturated rings. The average molecular weight is 430 g/mol. The van der Waals surface area contributed by atoms with E-state index >= 15 is 0 Å². The highest BCUT2D eigenvalue weighted by atomic mass is 16.3. The van der Waals surface area contributed by atoms with Crippen molar-refractivity contribution < 1.29 is 9.90 Å². The number of carbonyl (C=O) groups excluding carboxylic acids is 1. The van der Waals surface area contributed by atoms with E-state index in [9.17, 15) is 9.90 Å². The molecule has 0 spiro atoms. The van der Waals surface area contributed by atoms with Gasteiger partial charge in [0, 0.05) is 30.4 Å². The standard InChI is InChI=1S/C22H22N8O2/c31-16-6-4-15(5-7-16)30-13-20(21(29-30)19-12-23-8-9-24-19)28-22(32)18-3-1-2-17(27-18)14-10-25-26-11-14/h1-3,8-13,15-16,31H,4-7H2,(H,25,26)(H,28,32)/t15-,16-. The number of aliphatic hydroxyl groups excluding tert-OH is 1. The molecule has 32 heavy (non-hydrogen) atoms. The lowest BCUT2D eigenvalue weighted by atomic mass is 9.93. The Balaban J connectivity index is 1.44. The van der Waals surface area contributed by atoms with E-state index in [1.165, 1.54) is 0 Å². The number of amides is 1. The third kappa shape index (κ3) is 4.12. The van der Waals surface area contributed by atoms with Crippen LogP contribution >= 0.6 is 0 Å². The van der Waals surface area contributed by atoms with Crippen molar-refractivity contribution in [3.05, 3.63) is 61.1 Å². The third-order valence-corrected chi connectivity index (χ3v) is 5.60. The Bertz CT molecular complexity index is 1200. The zero-order valence-electron chi connectivity index (χ0n) is 17.2. The van der Waals surface area contributed by atoms with Gasteiger partial charge in [0.05, 0.1) is 35.9 Å². The van der Waals surface area contributed by atoms with Crippen LogP contribution in [0.4, 0.5) is 5.69 Å². The molecule has 10 heteroatoms. The summed E-state index contributed by atoms with van der Waals surface area (Å²) in [6.45, 7) is 0. The molecule has 0 saturated heterocycles. The largest absolute Gasteiger partial charge is 0.393 e. The van der Waals surface area contributed by atoms with Crippen molar-refractivity contribution in [2.24, 2.45) is 0 Å². The summed E-state index contributed by atoms with van der Waals surface area (Å²) >= 11 is 0. The molecule has 0 bridgehead atoms. The second-order valence-corrected chi connectivity index (χ2v) is 7.77. The van der Waals surface area contributed by atoms with Crippen molar-refractivity contribution in [1.82, 2.24) is 34.9 Å². The molecule has 3 N–H and O–H groups in total. The molecule has 4 aromatic heterocycles. The molecule has 4 heterocycles.